The van der Waals surface area contributed by atoms with Crippen molar-refractivity contribution in [2.75, 3.05) is 6.54 Å². The summed E-state index contributed by atoms with van der Waals surface area (Å²) in [5, 5.41) is 6.57. The van der Waals surface area contributed by atoms with E-state index < -0.39 is 35.0 Å². The van der Waals surface area contributed by atoms with Crippen molar-refractivity contribution in [3.8, 4) is 0 Å². The highest BCUT2D eigenvalue weighted by Crippen LogP contribution is 2.36. The number of rotatable bonds is 6. The number of fused-ring (bicyclic) bond motifs is 1. The first kappa shape index (κ1) is 25.9. The minimum atomic E-state index is -5.07. The van der Waals surface area contributed by atoms with Crippen LogP contribution < -0.4 is 10.9 Å². The van der Waals surface area contributed by atoms with E-state index in [1.807, 2.05) is 31.2 Å². The van der Waals surface area contributed by atoms with Gasteiger partial charge in [-0.1, -0.05) is 24.3 Å². The minimum Gasteiger partial charge on any atom is -0.350 e. The van der Waals surface area contributed by atoms with Crippen molar-refractivity contribution in [1.29, 1.82) is 0 Å². The van der Waals surface area contributed by atoms with Gasteiger partial charge in [0.2, 0.25) is 0 Å². The third kappa shape index (κ3) is 5.65. The minimum absolute atomic E-state index is 0.0332. The standard InChI is InChI=1S/C24H19F6N5O2/c1-14-4-2-3-5-15(14)12-34-13-32-20-19(22(34)37)11-33-35(20)7-6-31-21(36)16-8-17(23(25,26)27)10-18(9-16)24(28,29)30/h2-5,8-11,13H,6-7,12H2,1H3,(H,31,36). The van der Waals surface area contributed by atoms with Crippen LogP contribution in [-0.2, 0) is 25.4 Å². The summed E-state index contributed by atoms with van der Waals surface area (Å²) in [6.07, 6.45) is -7.47. The molecule has 0 aliphatic carbocycles. The first-order valence-electron chi connectivity index (χ1n) is 10.9. The van der Waals surface area contributed by atoms with Crippen molar-refractivity contribution in [2.24, 2.45) is 0 Å². The van der Waals surface area contributed by atoms with Gasteiger partial charge in [-0.05, 0) is 36.2 Å². The van der Waals surface area contributed by atoms with Crippen LogP contribution >= 0.6 is 0 Å². The molecule has 0 bridgehead atoms. The third-order valence-electron chi connectivity index (χ3n) is 5.68. The van der Waals surface area contributed by atoms with Crippen LogP contribution in [0.15, 0.2) is 59.8 Å². The molecule has 0 saturated heterocycles. The summed E-state index contributed by atoms with van der Waals surface area (Å²) in [5.41, 5.74) is -2.14. The van der Waals surface area contributed by atoms with Gasteiger partial charge in [-0.25, -0.2) is 9.67 Å². The molecule has 0 radical (unpaired) electrons. The lowest BCUT2D eigenvalue weighted by Crippen LogP contribution is -2.28. The molecule has 0 fully saturated rings. The molecular weight excluding hydrogens is 504 g/mol. The summed E-state index contributed by atoms with van der Waals surface area (Å²) in [5.74, 6) is -1.12. The van der Waals surface area contributed by atoms with Crippen molar-refractivity contribution >= 4 is 16.9 Å². The maximum absolute atomic E-state index is 13.0. The zero-order valence-corrected chi connectivity index (χ0v) is 19.2. The highest BCUT2D eigenvalue weighted by atomic mass is 19.4. The van der Waals surface area contributed by atoms with Crippen LogP contribution in [0.5, 0.6) is 0 Å². The topological polar surface area (TPSA) is 81.8 Å². The maximum Gasteiger partial charge on any atom is 0.416 e. The van der Waals surface area contributed by atoms with Gasteiger partial charge in [-0.3, -0.25) is 14.2 Å². The van der Waals surface area contributed by atoms with E-state index >= 15 is 0 Å². The van der Waals surface area contributed by atoms with E-state index in [4.69, 9.17) is 0 Å². The number of nitrogens with zero attached hydrogens (tertiary/aromatic N) is 4. The van der Waals surface area contributed by atoms with E-state index in [-0.39, 0.29) is 35.7 Å². The normalized spacial score (nSPS) is 12.2. The Labute approximate surface area is 205 Å². The van der Waals surface area contributed by atoms with Crippen molar-refractivity contribution < 1.29 is 31.1 Å². The second kappa shape index (κ2) is 9.71. The lowest BCUT2D eigenvalue weighted by Gasteiger charge is -2.14. The van der Waals surface area contributed by atoms with Crippen LogP contribution in [0, 0.1) is 6.92 Å². The van der Waals surface area contributed by atoms with Crippen LogP contribution in [0.3, 0.4) is 0 Å². The Bertz CT molecular complexity index is 1490. The van der Waals surface area contributed by atoms with Gasteiger partial charge in [0.25, 0.3) is 11.5 Å². The predicted octanol–water partition coefficient (Wildman–Crippen LogP) is 4.42. The van der Waals surface area contributed by atoms with Crippen molar-refractivity contribution in [1.82, 2.24) is 24.6 Å². The molecule has 1 amide bonds. The summed E-state index contributed by atoms with van der Waals surface area (Å²) < 4.78 is 81.0. The summed E-state index contributed by atoms with van der Waals surface area (Å²) in [6, 6.07) is 8.20. The van der Waals surface area contributed by atoms with Crippen LogP contribution in [0.4, 0.5) is 26.3 Å². The molecule has 0 aliphatic rings. The van der Waals surface area contributed by atoms with Gasteiger partial charge in [0.15, 0.2) is 5.65 Å². The van der Waals surface area contributed by atoms with Crippen LogP contribution in [0.2, 0.25) is 0 Å². The van der Waals surface area contributed by atoms with Gasteiger partial charge >= 0.3 is 12.4 Å². The Kier molecular flexibility index (Phi) is 6.80. The second-order valence-corrected chi connectivity index (χ2v) is 8.26. The first-order valence-corrected chi connectivity index (χ1v) is 10.9. The molecule has 2 heterocycles. The molecule has 13 heteroatoms. The zero-order chi connectivity index (χ0) is 27.0. The van der Waals surface area contributed by atoms with Gasteiger partial charge in [-0.2, -0.15) is 31.4 Å². The van der Waals surface area contributed by atoms with Crippen molar-refractivity contribution in [3.63, 3.8) is 0 Å². The summed E-state index contributed by atoms with van der Waals surface area (Å²) in [7, 11) is 0. The van der Waals surface area contributed by atoms with E-state index in [2.05, 4.69) is 15.4 Å². The zero-order valence-electron chi connectivity index (χ0n) is 19.2. The molecule has 1 N–H and O–H groups in total. The molecular formula is C24H19F6N5O2. The molecule has 0 aliphatic heterocycles. The Morgan fingerprint density at radius 3 is 2.27 bits per heavy atom. The lowest BCUT2D eigenvalue weighted by atomic mass is 10.0. The number of hydrogen-bond acceptors (Lipinski definition) is 4. The molecule has 37 heavy (non-hydrogen) atoms. The average Bonchev–Trinajstić information content (AvgIpc) is 3.24. The van der Waals surface area contributed by atoms with Crippen LogP contribution in [0.1, 0.15) is 32.6 Å². The number of amides is 1. The number of alkyl halides is 6. The van der Waals surface area contributed by atoms with Gasteiger partial charge < -0.3 is 5.32 Å². The Hall–Kier alpha value is -4.16. The van der Waals surface area contributed by atoms with Gasteiger partial charge in [0.1, 0.15) is 11.7 Å². The number of carbonyl (C=O) groups is 1. The Morgan fingerprint density at radius 1 is 1.00 bits per heavy atom. The molecule has 0 unspecified atom stereocenters. The van der Waals surface area contributed by atoms with Crippen molar-refractivity contribution in [3.05, 3.63) is 93.2 Å². The number of benzene rings is 2. The van der Waals surface area contributed by atoms with Crippen molar-refractivity contribution in [2.45, 2.75) is 32.4 Å². The van der Waals surface area contributed by atoms with E-state index in [1.165, 1.54) is 21.8 Å². The summed E-state index contributed by atoms with van der Waals surface area (Å²) in [6.45, 7) is 1.99. The summed E-state index contributed by atoms with van der Waals surface area (Å²) in [4.78, 5) is 29.5. The second-order valence-electron chi connectivity index (χ2n) is 8.26. The van der Waals surface area contributed by atoms with Crippen LogP contribution in [0.25, 0.3) is 11.0 Å². The monoisotopic (exact) mass is 523 g/mol. The molecule has 194 valence electrons. The molecule has 0 atom stereocenters. The smallest absolute Gasteiger partial charge is 0.350 e. The molecule has 0 spiro atoms. The highest BCUT2D eigenvalue weighted by molar-refractivity contribution is 5.94. The van der Waals surface area contributed by atoms with Gasteiger partial charge in [0, 0.05) is 12.1 Å². The number of halogens is 6. The van der Waals surface area contributed by atoms with E-state index in [0.717, 1.165) is 11.1 Å². The van der Waals surface area contributed by atoms with E-state index in [1.54, 1.807) is 0 Å². The first-order chi connectivity index (χ1) is 17.3. The molecule has 2 aromatic carbocycles. The molecule has 4 rings (SSSR count). The fraction of sp³-hybridized carbons (Fsp3) is 0.250. The van der Waals surface area contributed by atoms with Gasteiger partial charge in [-0.15, -0.1) is 0 Å². The number of aryl methyl sites for hydroxylation is 1. The maximum atomic E-state index is 13.0. The molecule has 4 aromatic rings. The van der Waals surface area contributed by atoms with Gasteiger partial charge in [0.05, 0.1) is 30.4 Å². The molecule has 7 nitrogen and oxygen atoms in total. The fourth-order valence-electron chi connectivity index (χ4n) is 3.71. The fourth-order valence-corrected chi connectivity index (χ4v) is 3.71. The highest BCUT2D eigenvalue weighted by Gasteiger charge is 2.37. The quantitative estimate of drug-likeness (QED) is 0.380. The molecule has 0 saturated carbocycles. The third-order valence-corrected chi connectivity index (χ3v) is 5.68. The Balaban J connectivity index is 1.49. The van der Waals surface area contributed by atoms with Crippen LogP contribution in [-0.4, -0.2) is 31.8 Å². The number of nitrogens with one attached hydrogen (secondary N) is 1. The van der Waals surface area contributed by atoms with E-state index in [0.29, 0.717) is 18.7 Å². The number of hydrogen-bond donors (Lipinski definition) is 1. The SMILES string of the molecule is Cc1ccccc1Cn1cnc2c(cnn2CCNC(=O)c2cc(C(F)(F)F)cc(C(F)(F)F)c2)c1=O. The Morgan fingerprint density at radius 2 is 1.65 bits per heavy atom. The lowest BCUT2D eigenvalue weighted by molar-refractivity contribution is -0.143. The number of carbonyl (C=O) groups excluding carboxylic acids is 1. The molecule has 2 aromatic heterocycles. The predicted molar refractivity (Wildman–Crippen MR) is 121 cm³/mol. The van der Waals surface area contributed by atoms with E-state index in [9.17, 15) is 35.9 Å². The average molecular weight is 523 g/mol. The summed E-state index contributed by atoms with van der Waals surface area (Å²) >= 11 is 0. The number of aromatic nitrogens is 4. The largest absolute Gasteiger partial charge is 0.416 e.